The van der Waals surface area contributed by atoms with E-state index in [9.17, 15) is 0 Å². The number of benzene rings is 1. The van der Waals surface area contributed by atoms with Crippen LogP contribution >= 0.6 is 0 Å². The van der Waals surface area contributed by atoms with Crippen LogP contribution in [0.25, 0.3) is 11.3 Å². The van der Waals surface area contributed by atoms with E-state index in [1.54, 1.807) is 6.26 Å². The van der Waals surface area contributed by atoms with Crippen molar-refractivity contribution in [2.75, 3.05) is 5.32 Å². The van der Waals surface area contributed by atoms with Crippen molar-refractivity contribution in [2.24, 2.45) is 0 Å². The third-order valence-corrected chi connectivity index (χ3v) is 5.04. The highest BCUT2D eigenvalue weighted by Gasteiger charge is 2.17. The monoisotopic (exact) mass is 401 g/mol. The summed E-state index contributed by atoms with van der Waals surface area (Å²) in [6, 6.07) is 10.4. The number of hydrogen-bond acceptors (Lipinski definition) is 5. The number of ether oxygens (including phenoxy) is 2. The van der Waals surface area contributed by atoms with E-state index in [0.717, 1.165) is 29.7 Å². The van der Waals surface area contributed by atoms with Crippen LogP contribution in [-0.2, 0) is 14.9 Å². The van der Waals surface area contributed by atoms with Crippen LogP contribution in [0.4, 0.5) is 5.82 Å². The van der Waals surface area contributed by atoms with Crippen LogP contribution in [0, 0.1) is 6.92 Å². The quantitative estimate of drug-likeness (QED) is 0.668. The third kappa shape index (κ3) is 4.62. The maximum Gasteiger partial charge on any atom is 0.234 e. The van der Waals surface area contributed by atoms with Crippen LogP contribution in [-0.4, -0.2) is 9.97 Å². The van der Waals surface area contributed by atoms with Crippen molar-refractivity contribution >= 4 is 5.82 Å². The molecule has 1 aliphatic heterocycles. The largest absolute Gasteiger partial charge is 0.463 e. The smallest absolute Gasteiger partial charge is 0.234 e. The van der Waals surface area contributed by atoms with Gasteiger partial charge in [-0.2, -0.15) is 0 Å². The highest BCUT2D eigenvalue weighted by molar-refractivity contribution is 5.63. The Bertz CT molecular complexity index is 1050. The number of aryl methyl sites for hydroxylation is 1. The second-order valence-electron chi connectivity index (χ2n) is 8.50. The molecule has 2 heterocycles. The third-order valence-electron chi connectivity index (χ3n) is 5.04. The van der Waals surface area contributed by atoms with E-state index in [1.165, 1.54) is 11.8 Å². The molecule has 0 atom stereocenters. The molecule has 2 aromatic rings. The molecule has 0 unspecified atom stereocenters. The molecule has 5 nitrogen and oxygen atoms in total. The highest BCUT2D eigenvalue weighted by Crippen LogP contribution is 2.28. The normalized spacial score (nSPS) is 16.1. The molecule has 1 aromatic carbocycles. The van der Waals surface area contributed by atoms with Gasteiger partial charge < -0.3 is 14.8 Å². The van der Waals surface area contributed by atoms with Crippen LogP contribution in [0.5, 0.6) is 0 Å². The molecule has 0 amide bonds. The van der Waals surface area contributed by atoms with E-state index < -0.39 is 0 Å². The van der Waals surface area contributed by atoms with E-state index in [0.29, 0.717) is 23.3 Å². The van der Waals surface area contributed by atoms with Crippen molar-refractivity contribution in [1.29, 1.82) is 0 Å². The Labute approximate surface area is 177 Å². The molecule has 2 aliphatic rings. The SMILES string of the molecule is Cc1nc(NC2=COC=C(C3=CC=CCC3)O2)cc(-c2ccc(C(C)(C)C)cc2)n1. The summed E-state index contributed by atoms with van der Waals surface area (Å²) in [5.41, 5.74) is 4.43. The van der Waals surface area contributed by atoms with Gasteiger partial charge in [-0.05, 0) is 36.3 Å². The predicted octanol–water partition coefficient (Wildman–Crippen LogP) is 6.12. The van der Waals surface area contributed by atoms with Crippen LogP contribution in [0.2, 0.25) is 0 Å². The van der Waals surface area contributed by atoms with E-state index in [4.69, 9.17) is 9.47 Å². The summed E-state index contributed by atoms with van der Waals surface area (Å²) in [6.45, 7) is 8.51. The number of nitrogens with one attached hydrogen (secondary N) is 1. The maximum atomic E-state index is 5.99. The predicted molar refractivity (Wildman–Crippen MR) is 119 cm³/mol. The molecule has 0 saturated carbocycles. The minimum atomic E-state index is 0.117. The Hall–Kier alpha value is -3.34. The molecule has 0 fully saturated rings. The molecule has 5 heteroatoms. The first-order valence-electron chi connectivity index (χ1n) is 10.2. The van der Waals surface area contributed by atoms with Gasteiger partial charge in [0.25, 0.3) is 0 Å². The van der Waals surface area contributed by atoms with E-state index >= 15 is 0 Å². The van der Waals surface area contributed by atoms with Crippen LogP contribution in [0.1, 0.15) is 45.0 Å². The molecule has 0 radical (unpaired) electrons. The molecule has 1 aromatic heterocycles. The molecule has 0 bridgehead atoms. The number of allylic oxidation sites excluding steroid dienone is 4. The lowest BCUT2D eigenvalue weighted by molar-refractivity contribution is 0.233. The van der Waals surface area contributed by atoms with Crippen molar-refractivity contribution in [2.45, 2.75) is 46.0 Å². The van der Waals surface area contributed by atoms with Crippen molar-refractivity contribution in [3.63, 3.8) is 0 Å². The van der Waals surface area contributed by atoms with Crippen LogP contribution in [0.15, 0.2) is 78.3 Å². The zero-order chi connectivity index (χ0) is 21.1. The van der Waals surface area contributed by atoms with Gasteiger partial charge in [-0.3, -0.25) is 0 Å². The summed E-state index contributed by atoms with van der Waals surface area (Å²) in [4.78, 5) is 9.11. The summed E-state index contributed by atoms with van der Waals surface area (Å²) < 4.78 is 11.5. The Morgan fingerprint density at radius 2 is 1.83 bits per heavy atom. The summed E-state index contributed by atoms with van der Waals surface area (Å²) in [6.07, 6.45) is 11.3. The molecule has 1 N–H and O–H groups in total. The molecule has 1 aliphatic carbocycles. The van der Waals surface area contributed by atoms with Crippen molar-refractivity contribution in [1.82, 2.24) is 9.97 Å². The summed E-state index contributed by atoms with van der Waals surface area (Å²) >= 11 is 0. The Kier molecular flexibility index (Phi) is 5.44. The summed E-state index contributed by atoms with van der Waals surface area (Å²) in [5.74, 6) is 2.55. The first-order chi connectivity index (χ1) is 14.4. The molecule has 0 saturated heterocycles. The summed E-state index contributed by atoms with van der Waals surface area (Å²) in [5, 5.41) is 3.21. The van der Waals surface area contributed by atoms with Gasteiger partial charge in [-0.25, -0.2) is 9.97 Å². The van der Waals surface area contributed by atoms with Gasteiger partial charge in [0.2, 0.25) is 5.88 Å². The lowest BCUT2D eigenvalue weighted by Crippen LogP contribution is -2.12. The second kappa shape index (κ2) is 8.19. The van der Waals surface area contributed by atoms with Gasteiger partial charge in [0, 0.05) is 11.6 Å². The summed E-state index contributed by atoms with van der Waals surface area (Å²) in [7, 11) is 0. The van der Waals surface area contributed by atoms with E-state index in [-0.39, 0.29) is 5.41 Å². The van der Waals surface area contributed by atoms with Crippen LogP contribution in [0.3, 0.4) is 0 Å². The van der Waals surface area contributed by atoms with Crippen LogP contribution < -0.4 is 5.32 Å². The van der Waals surface area contributed by atoms with Gasteiger partial charge in [-0.15, -0.1) is 0 Å². The Morgan fingerprint density at radius 3 is 2.53 bits per heavy atom. The van der Waals surface area contributed by atoms with E-state index in [2.05, 4.69) is 72.5 Å². The zero-order valence-corrected chi connectivity index (χ0v) is 17.9. The lowest BCUT2D eigenvalue weighted by Gasteiger charge is -2.20. The number of anilines is 1. The minimum absolute atomic E-state index is 0.117. The maximum absolute atomic E-state index is 5.99. The van der Waals surface area contributed by atoms with E-state index in [1.807, 2.05) is 19.1 Å². The number of hydrogen-bond donors (Lipinski definition) is 1. The first kappa shape index (κ1) is 20.0. The highest BCUT2D eigenvalue weighted by atomic mass is 16.6. The van der Waals surface area contributed by atoms with Gasteiger partial charge in [0.15, 0.2) is 12.0 Å². The number of aromatic nitrogens is 2. The van der Waals surface area contributed by atoms with Gasteiger partial charge in [-0.1, -0.05) is 63.3 Å². The van der Waals surface area contributed by atoms with Gasteiger partial charge in [0.05, 0.1) is 5.69 Å². The lowest BCUT2D eigenvalue weighted by atomic mass is 9.86. The van der Waals surface area contributed by atoms with Crippen molar-refractivity contribution in [3.8, 4) is 11.3 Å². The fraction of sp³-hybridized carbons (Fsp3) is 0.280. The standard InChI is InChI=1S/C25H27N3O2/c1-17-26-21(18-10-12-20(13-11-18)25(2,3)4)14-23(27-17)28-24-16-29-15-22(30-24)19-8-6-5-7-9-19/h5-6,8,10-16H,7,9H2,1-4H3,(H,26,27,28). The number of nitrogens with zero attached hydrogens (tertiary/aromatic N) is 2. The zero-order valence-electron chi connectivity index (χ0n) is 17.9. The molecule has 154 valence electrons. The molecule has 4 rings (SSSR count). The first-order valence-corrected chi connectivity index (χ1v) is 10.2. The molecular formula is C25H27N3O2. The minimum Gasteiger partial charge on any atom is -0.463 e. The Balaban J connectivity index is 1.52. The van der Waals surface area contributed by atoms with Crippen molar-refractivity contribution in [3.05, 3.63) is 89.7 Å². The topological polar surface area (TPSA) is 56.3 Å². The van der Waals surface area contributed by atoms with Gasteiger partial charge in [0.1, 0.15) is 17.9 Å². The van der Waals surface area contributed by atoms with Crippen molar-refractivity contribution < 1.29 is 9.47 Å². The molecular weight excluding hydrogens is 374 g/mol. The fourth-order valence-corrected chi connectivity index (χ4v) is 3.38. The molecule has 0 spiro atoms. The Morgan fingerprint density at radius 1 is 1.03 bits per heavy atom. The average molecular weight is 402 g/mol. The second-order valence-corrected chi connectivity index (χ2v) is 8.50. The fourth-order valence-electron chi connectivity index (χ4n) is 3.38. The van der Waals surface area contributed by atoms with Gasteiger partial charge >= 0.3 is 0 Å². The number of rotatable bonds is 4. The average Bonchev–Trinajstić information content (AvgIpc) is 2.74. The molecule has 30 heavy (non-hydrogen) atoms.